The van der Waals surface area contributed by atoms with Crippen LogP contribution in [0.1, 0.15) is 19.3 Å². The van der Waals surface area contributed by atoms with E-state index < -0.39 is 10.0 Å². The molecule has 1 aliphatic heterocycles. The normalized spacial score (nSPS) is 19.6. The summed E-state index contributed by atoms with van der Waals surface area (Å²) < 4.78 is 26.1. The third-order valence-electron chi connectivity index (χ3n) is 3.33. The summed E-state index contributed by atoms with van der Waals surface area (Å²) in [5.74, 6) is -0.191. The zero-order valence-electron chi connectivity index (χ0n) is 11.3. The molecule has 1 heterocycles. The number of benzene rings is 1. The molecule has 3 N–H and O–H groups in total. The van der Waals surface area contributed by atoms with Crippen molar-refractivity contribution in [2.24, 2.45) is 0 Å². The van der Waals surface area contributed by atoms with Crippen LogP contribution in [0.4, 0.5) is 5.69 Å². The standard InChI is InChI=1S/C13H19N3O3S/c1-14-20(18,19)12-8-3-2-6-10(12)16-13(17)11-7-4-5-9-15-11/h2-3,6,8,11,14-15H,4-5,7,9H2,1H3,(H,16,17)/t11-/m0/s1. The molecule has 1 aromatic carbocycles. The van der Waals surface area contributed by atoms with E-state index in [1.54, 1.807) is 18.2 Å². The lowest BCUT2D eigenvalue weighted by Crippen LogP contribution is -2.43. The highest BCUT2D eigenvalue weighted by Gasteiger charge is 2.23. The largest absolute Gasteiger partial charge is 0.324 e. The number of nitrogens with one attached hydrogen (secondary N) is 3. The molecule has 0 unspecified atom stereocenters. The van der Waals surface area contributed by atoms with Crippen LogP contribution in [0.15, 0.2) is 29.2 Å². The van der Waals surface area contributed by atoms with Crippen LogP contribution in [0.3, 0.4) is 0 Å². The van der Waals surface area contributed by atoms with Crippen LogP contribution >= 0.6 is 0 Å². The minimum Gasteiger partial charge on any atom is -0.324 e. The second-order valence-electron chi connectivity index (χ2n) is 4.70. The fraction of sp³-hybridized carbons (Fsp3) is 0.462. The average Bonchev–Trinajstić information content (AvgIpc) is 2.48. The number of carbonyl (C=O) groups excluding carboxylic acids is 1. The Kier molecular flexibility index (Phi) is 4.74. The highest BCUT2D eigenvalue weighted by molar-refractivity contribution is 7.89. The van der Waals surface area contributed by atoms with Gasteiger partial charge in [-0.25, -0.2) is 13.1 Å². The summed E-state index contributed by atoms with van der Waals surface area (Å²) in [6.07, 6.45) is 2.84. The number of hydrogen-bond donors (Lipinski definition) is 3. The quantitative estimate of drug-likeness (QED) is 0.762. The highest BCUT2D eigenvalue weighted by Crippen LogP contribution is 2.21. The van der Waals surface area contributed by atoms with Gasteiger partial charge in [-0.15, -0.1) is 0 Å². The molecule has 6 nitrogen and oxygen atoms in total. The van der Waals surface area contributed by atoms with Gasteiger partial charge in [0.2, 0.25) is 15.9 Å². The molecule has 0 bridgehead atoms. The molecule has 1 fully saturated rings. The molecule has 1 aromatic rings. The number of sulfonamides is 1. The summed E-state index contributed by atoms with van der Waals surface area (Å²) >= 11 is 0. The van der Waals surface area contributed by atoms with Gasteiger partial charge in [-0.1, -0.05) is 18.6 Å². The lowest BCUT2D eigenvalue weighted by molar-refractivity contribution is -0.118. The zero-order valence-corrected chi connectivity index (χ0v) is 12.2. The van der Waals surface area contributed by atoms with E-state index in [4.69, 9.17) is 0 Å². The van der Waals surface area contributed by atoms with E-state index in [1.165, 1.54) is 13.1 Å². The van der Waals surface area contributed by atoms with Crippen molar-refractivity contribution >= 4 is 21.6 Å². The number of anilines is 1. The van der Waals surface area contributed by atoms with E-state index >= 15 is 0 Å². The van der Waals surface area contributed by atoms with Crippen LogP contribution < -0.4 is 15.4 Å². The van der Waals surface area contributed by atoms with Gasteiger partial charge in [0, 0.05) is 0 Å². The van der Waals surface area contributed by atoms with Gasteiger partial charge in [-0.05, 0) is 38.6 Å². The van der Waals surface area contributed by atoms with Crippen LogP contribution in [-0.4, -0.2) is 34.0 Å². The highest BCUT2D eigenvalue weighted by atomic mass is 32.2. The van der Waals surface area contributed by atoms with Crippen molar-refractivity contribution in [2.45, 2.75) is 30.2 Å². The molecular weight excluding hydrogens is 278 g/mol. The van der Waals surface area contributed by atoms with Crippen molar-refractivity contribution in [1.82, 2.24) is 10.0 Å². The molecule has 2 rings (SSSR count). The van der Waals surface area contributed by atoms with Gasteiger partial charge >= 0.3 is 0 Å². The Morgan fingerprint density at radius 2 is 2.05 bits per heavy atom. The van der Waals surface area contributed by atoms with E-state index in [9.17, 15) is 13.2 Å². The second-order valence-corrected chi connectivity index (χ2v) is 6.55. The van der Waals surface area contributed by atoms with Gasteiger partial charge in [0.05, 0.1) is 11.7 Å². The van der Waals surface area contributed by atoms with Crippen LogP contribution in [0.25, 0.3) is 0 Å². The third kappa shape index (κ3) is 3.36. The molecule has 0 spiro atoms. The van der Waals surface area contributed by atoms with Gasteiger partial charge in [-0.3, -0.25) is 4.79 Å². The molecule has 20 heavy (non-hydrogen) atoms. The molecule has 0 aromatic heterocycles. The first-order chi connectivity index (χ1) is 9.54. The molecule has 0 aliphatic carbocycles. The Hall–Kier alpha value is -1.44. The minimum atomic E-state index is -3.59. The number of carbonyl (C=O) groups is 1. The van der Waals surface area contributed by atoms with Crippen molar-refractivity contribution in [2.75, 3.05) is 18.9 Å². The number of para-hydroxylation sites is 1. The molecule has 1 saturated heterocycles. The summed E-state index contributed by atoms with van der Waals surface area (Å²) in [5, 5.41) is 5.83. The van der Waals surface area contributed by atoms with Gasteiger partial charge in [0.15, 0.2) is 0 Å². The number of hydrogen-bond acceptors (Lipinski definition) is 4. The van der Waals surface area contributed by atoms with Crippen molar-refractivity contribution < 1.29 is 13.2 Å². The van der Waals surface area contributed by atoms with E-state index in [2.05, 4.69) is 15.4 Å². The molecule has 0 saturated carbocycles. The predicted octanol–water partition coefficient (Wildman–Crippen LogP) is 0.675. The monoisotopic (exact) mass is 297 g/mol. The number of rotatable bonds is 4. The summed E-state index contributed by atoms with van der Waals surface area (Å²) in [7, 11) is -2.25. The van der Waals surface area contributed by atoms with Crippen molar-refractivity contribution in [1.29, 1.82) is 0 Å². The third-order valence-corrected chi connectivity index (χ3v) is 4.80. The van der Waals surface area contributed by atoms with Crippen LogP contribution in [0.2, 0.25) is 0 Å². The van der Waals surface area contributed by atoms with Gasteiger partial charge in [-0.2, -0.15) is 0 Å². The SMILES string of the molecule is CNS(=O)(=O)c1ccccc1NC(=O)[C@@H]1CCCCN1. The molecule has 1 atom stereocenters. The Bertz CT molecular complexity index is 580. The summed E-state index contributed by atoms with van der Waals surface area (Å²) in [5.41, 5.74) is 0.305. The molecule has 7 heteroatoms. The fourth-order valence-corrected chi connectivity index (χ4v) is 3.10. The Morgan fingerprint density at radius 3 is 2.70 bits per heavy atom. The molecule has 0 radical (unpaired) electrons. The first-order valence-electron chi connectivity index (χ1n) is 6.61. The van der Waals surface area contributed by atoms with Crippen LogP contribution in [0.5, 0.6) is 0 Å². The van der Waals surface area contributed by atoms with E-state index in [1.807, 2.05) is 0 Å². The number of amides is 1. The Balaban J connectivity index is 2.19. The van der Waals surface area contributed by atoms with E-state index in [-0.39, 0.29) is 16.8 Å². The molecular formula is C13H19N3O3S. The molecule has 1 amide bonds. The summed E-state index contributed by atoms with van der Waals surface area (Å²) in [6, 6.07) is 6.12. The second kappa shape index (κ2) is 6.34. The van der Waals surface area contributed by atoms with Crippen LogP contribution in [-0.2, 0) is 14.8 Å². The van der Waals surface area contributed by atoms with E-state index in [0.717, 1.165) is 25.8 Å². The Morgan fingerprint density at radius 1 is 1.30 bits per heavy atom. The van der Waals surface area contributed by atoms with Crippen molar-refractivity contribution in [3.8, 4) is 0 Å². The lowest BCUT2D eigenvalue weighted by Gasteiger charge is -2.23. The first-order valence-corrected chi connectivity index (χ1v) is 8.10. The first kappa shape index (κ1) is 15.0. The topological polar surface area (TPSA) is 87.3 Å². The maximum absolute atomic E-state index is 12.1. The lowest BCUT2D eigenvalue weighted by atomic mass is 10.0. The average molecular weight is 297 g/mol. The predicted molar refractivity (Wildman–Crippen MR) is 77.0 cm³/mol. The smallest absolute Gasteiger partial charge is 0.242 e. The number of piperidine rings is 1. The van der Waals surface area contributed by atoms with E-state index in [0.29, 0.717) is 5.69 Å². The molecule has 110 valence electrons. The van der Waals surface area contributed by atoms with Crippen LogP contribution in [0, 0.1) is 0 Å². The van der Waals surface area contributed by atoms with Gasteiger partial charge in [0.25, 0.3) is 0 Å². The van der Waals surface area contributed by atoms with Crippen molar-refractivity contribution in [3.63, 3.8) is 0 Å². The summed E-state index contributed by atoms with van der Waals surface area (Å²) in [6.45, 7) is 0.814. The van der Waals surface area contributed by atoms with Gasteiger partial charge in [0.1, 0.15) is 4.90 Å². The fourth-order valence-electron chi connectivity index (χ4n) is 2.21. The van der Waals surface area contributed by atoms with Gasteiger partial charge < -0.3 is 10.6 Å². The Labute approximate surface area is 119 Å². The maximum atomic E-state index is 12.1. The minimum absolute atomic E-state index is 0.0756. The molecule has 1 aliphatic rings. The summed E-state index contributed by atoms with van der Waals surface area (Å²) in [4.78, 5) is 12.2. The zero-order chi connectivity index (χ0) is 14.6. The van der Waals surface area contributed by atoms with Crippen molar-refractivity contribution in [3.05, 3.63) is 24.3 Å². The maximum Gasteiger partial charge on any atom is 0.242 e.